The summed E-state index contributed by atoms with van der Waals surface area (Å²) in [4.78, 5) is 4.43. The molecule has 0 fully saturated rings. The van der Waals surface area contributed by atoms with E-state index in [4.69, 9.17) is 11.6 Å². The van der Waals surface area contributed by atoms with Crippen molar-refractivity contribution >= 4 is 33.2 Å². The van der Waals surface area contributed by atoms with E-state index in [0.29, 0.717) is 10.0 Å². The lowest BCUT2D eigenvalue weighted by molar-refractivity contribution is 0.220. The molecule has 3 rings (SSSR count). The Kier molecular flexibility index (Phi) is 3.04. The SMILES string of the molecule is O[C@H](c1ccccc1)c1nc2cc(Cl)ccc2s1. The van der Waals surface area contributed by atoms with Gasteiger partial charge in [0.15, 0.2) is 0 Å². The fourth-order valence-electron chi connectivity index (χ4n) is 1.81. The van der Waals surface area contributed by atoms with Crippen LogP contribution in [0.15, 0.2) is 48.5 Å². The molecule has 0 bridgehead atoms. The summed E-state index contributed by atoms with van der Waals surface area (Å²) in [5, 5.41) is 11.6. The molecule has 3 aromatic rings. The van der Waals surface area contributed by atoms with Gasteiger partial charge in [0.05, 0.1) is 10.2 Å². The van der Waals surface area contributed by atoms with Crippen molar-refractivity contribution in [3.05, 3.63) is 64.1 Å². The highest BCUT2D eigenvalue weighted by atomic mass is 35.5. The van der Waals surface area contributed by atoms with Gasteiger partial charge < -0.3 is 5.11 Å². The van der Waals surface area contributed by atoms with Gasteiger partial charge in [0, 0.05) is 5.02 Å². The van der Waals surface area contributed by atoms with Crippen LogP contribution in [-0.4, -0.2) is 10.1 Å². The van der Waals surface area contributed by atoms with E-state index < -0.39 is 6.10 Å². The summed E-state index contributed by atoms with van der Waals surface area (Å²) < 4.78 is 1.03. The van der Waals surface area contributed by atoms with Crippen LogP contribution >= 0.6 is 22.9 Å². The number of hydrogen-bond donors (Lipinski definition) is 1. The fourth-order valence-corrected chi connectivity index (χ4v) is 2.94. The Morgan fingerprint density at radius 1 is 1.11 bits per heavy atom. The summed E-state index contributed by atoms with van der Waals surface area (Å²) in [5.41, 5.74) is 1.68. The van der Waals surface area contributed by atoms with E-state index in [1.165, 1.54) is 11.3 Å². The molecule has 0 aliphatic heterocycles. The van der Waals surface area contributed by atoms with E-state index in [2.05, 4.69) is 4.98 Å². The Labute approximate surface area is 113 Å². The molecule has 0 radical (unpaired) electrons. The van der Waals surface area contributed by atoms with Crippen LogP contribution in [0.5, 0.6) is 0 Å². The lowest BCUT2D eigenvalue weighted by Crippen LogP contribution is -1.97. The highest BCUT2D eigenvalue weighted by Gasteiger charge is 2.15. The van der Waals surface area contributed by atoms with Gasteiger partial charge in [-0.1, -0.05) is 41.9 Å². The first-order chi connectivity index (χ1) is 8.74. The molecule has 0 aliphatic rings. The van der Waals surface area contributed by atoms with Crippen molar-refractivity contribution in [2.75, 3.05) is 0 Å². The second-order valence-corrected chi connectivity index (χ2v) is 5.48. The van der Waals surface area contributed by atoms with Crippen LogP contribution in [0, 0.1) is 0 Å². The summed E-state index contributed by atoms with van der Waals surface area (Å²) in [6.45, 7) is 0. The summed E-state index contributed by atoms with van der Waals surface area (Å²) >= 11 is 7.42. The van der Waals surface area contributed by atoms with Crippen molar-refractivity contribution < 1.29 is 5.11 Å². The van der Waals surface area contributed by atoms with Crippen molar-refractivity contribution in [3.8, 4) is 0 Å². The number of nitrogens with zero attached hydrogens (tertiary/aromatic N) is 1. The lowest BCUT2D eigenvalue weighted by atomic mass is 10.1. The van der Waals surface area contributed by atoms with Crippen LogP contribution in [-0.2, 0) is 0 Å². The van der Waals surface area contributed by atoms with Gasteiger partial charge in [-0.25, -0.2) is 4.98 Å². The molecular weight excluding hydrogens is 266 g/mol. The lowest BCUT2D eigenvalue weighted by Gasteiger charge is -2.06. The minimum Gasteiger partial charge on any atom is -0.381 e. The molecule has 2 aromatic carbocycles. The molecule has 1 N–H and O–H groups in total. The zero-order valence-corrected chi connectivity index (χ0v) is 10.9. The second kappa shape index (κ2) is 4.69. The van der Waals surface area contributed by atoms with Crippen LogP contribution in [0.2, 0.25) is 5.02 Å². The van der Waals surface area contributed by atoms with E-state index in [-0.39, 0.29) is 0 Å². The first-order valence-electron chi connectivity index (χ1n) is 5.53. The quantitative estimate of drug-likeness (QED) is 0.766. The third kappa shape index (κ3) is 2.12. The molecule has 4 heteroatoms. The Morgan fingerprint density at radius 2 is 1.89 bits per heavy atom. The number of hydrogen-bond acceptors (Lipinski definition) is 3. The molecule has 1 atom stereocenters. The molecule has 0 aliphatic carbocycles. The third-order valence-corrected chi connectivity index (χ3v) is 4.04. The van der Waals surface area contributed by atoms with Gasteiger partial charge in [0.1, 0.15) is 11.1 Å². The maximum absolute atomic E-state index is 10.3. The van der Waals surface area contributed by atoms with Crippen LogP contribution in [0.25, 0.3) is 10.2 Å². The van der Waals surface area contributed by atoms with Gasteiger partial charge >= 0.3 is 0 Å². The standard InChI is InChI=1S/C14H10ClNOS/c15-10-6-7-12-11(8-10)16-14(18-12)13(17)9-4-2-1-3-5-9/h1-8,13,17H/t13-/m1/s1. The zero-order valence-electron chi connectivity index (χ0n) is 9.38. The number of aromatic nitrogens is 1. The molecule has 0 saturated carbocycles. The summed E-state index contributed by atoms with van der Waals surface area (Å²) in [7, 11) is 0. The number of halogens is 1. The van der Waals surface area contributed by atoms with Crippen molar-refractivity contribution in [2.45, 2.75) is 6.10 Å². The van der Waals surface area contributed by atoms with Crippen molar-refractivity contribution in [1.29, 1.82) is 0 Å². The van der Waals surface area contributed by atoms with Gasteiger partial charge in [-0.15, -0.1) is 11.3 Å². The minimum absolute atomic E-state index is 0.661. The van der Waals surface area contributed by atoms with Gasteiger partial charge in [0.2, 0.25) is 0 Å². The van der Waals surface area contributed by atoms with Gasteiger partial charge in [-0.3, -0.25) is 0 Å². The fraction of sp³-hybridized carbons (Fsp3) is 0.0714. The van der Waals surface area contributed by atoms with E-state index in [0.717, 1.165) is 15.8 Å². The average Bonchev–Trinajstić information content (AvgIpc) is 2.81. The van der Waals surface area contributed by atoms with Gasteiger partial charge in [-0.05, 0) is 23.8 Å². The van der Waals surface area contributed by atoms with Gasteiger partial charge in [-0.2, -0.15) is 0 Å². The number of fused-ring (bicyclic) bond motifs is 1. The first-order valence-corrected chi connectivity index (χ1v) is 6.72. The normalized spacial score (nSPS) is 12.8. The Balaban J connectivity index is 2.04. The Morgan fingerprint density at radius 3 is 2.67 bits per heavy atom. The minimum atomic E-state index is -0.678. The van der Waals surface area contributed by atoms with Crippen molar-refractivity contribution in [2.24, 2.45) is 0 Å². The Bertz CT molecular complexity index is 681. The molecule has 18 heavy (non-hydrogen) atoms. The summed E-state index contributed by atoms with van der Waals surface area (Å²) in [5.74, 6) is 0. The molecule has 0 unspecified atom stereocenters. The predicted molar refractivity (Wildman–Crippen MR) is 75.1 cm³/mol. The van der Waals surface area contributed by atoms with Gasteiger partial charge in [0.25, 0.3) is 0 Å². The van der Waals surface area contributed by atoms with Crippen LogP contribution in [0.4, 0.5) is 0 Å². The molecule has 0 spiro atoms. The molecule has 0 amide bonds. The zero-order chi connectivity index (χ0) is 12.5. The van der Waals surface area contributed by atoms with Crippen LogP contribution < -0.4 is 0 Å². The molecule has 1 aromatic heterocycles. The predicted octanol–water partition coefficient (Wildman–Crippen LogP) is 4.03. The van der Waals surface area contributed by atoms with Crippen LogP contribution in [0.1, 0.15) is 16.7 Å². The van der Waals surface area contributed by atoms with E-state index >= 15 is 0 Å². The third-order valence-electron chi connectivity index (χ3n) is 2.72. The number of thiazole rings is 1. The number of benzene rings is 2. The number of rotatable bonds is 2. The monoisotopic (exact) mass is 275 g/mol. The Hall–Kier alpha value is -1.42. The van der Waals surface area contributed by atoms with Crippen LogP contribution in [0.3, 0.4) is 0 Å². The molecular formula is C14H10ClNOS. The molecule has 1 heterocycles. The second-order valence-electron chi connectivity index (χ2n) is 3.98. The highest BCUT2D eigenvalue weighted by Crippen LogP contribution is 2.31. The largest absolute Gasteiger partial charge is 0.381 e. The van der Waals surface area contributed by atoms with Crippen molar-refractivity contribution in [1.82, 2.24) is 4.98 Å². The van der Waals surface area contributed by atoms with E-state index in [9.17, 15) is 5.11 Å². The first kappa shape index (κ1) is 11.7. The van der Waals surface area contributed by atoms with E-state index in [1.807, 2.05) is 48.5 Å². The highest BCUT2D eigenvalue weighted by molar-refractivity contribution is 7.18. The molecule has 2 nitrogen and oxygen atoms in total. The summed E-state index contributed by atoms with van der Waals surface area (Å²) in [6, 6.07) is 15.1. The maximum atomic E-state index is 10.3. The maximum Gasteiger partial charge on any atom is 0.131 e. The molecule has 0 saturated heterocycles. The summed E-state index contributed by atoms with van der Waals surface area (Å²) in [6.07, 6.45) is -0.678. The molecule has 90 valence electrons. The number of aliphatic hydroxyl groups is 1. The topological polar surface area (TPSA) is 33.1 Å². The van der Waals surface area contributed by atoms with Crippen molar-refractivity contribution in [3.63, 3.8) is 0 Å². The van der Waals surface area contributed by atoms with E-state index in [1.54, 1.807) is 0 Å². The smallest absolute Gasteiger partial charge is 0.131 e. The number of aliphatic hydroxyl groups excluding tert-OH is 1. The average molecular weight is 276 g/mol.